The Labute approximate surface area is 194 Å². The molecule has 2 aromatic carbocycles. The van der Waals surface area contributed by atoms with E-state index < -0.39 is 15.9 Å². The maximum Gasteiger partial charge on any atom is 0.240 e. The number of nitrogens with one attached hydrogen (secondary N) is 2. The number of anilines is 2. The highest BCUT2D eigenvalue weighted by Crippen LogP contribution is 2.29. The molecule has 0 aromatic heterocycles. The van der Waals surface area contributed by atoms with Gasteiger partial charge in [0.2, 0.25) is 21.8 Å². The second kappa shape index (κ2) is 9.62. The van der Waals surface area contributed by atoms with Crippen LogP contribution in [-0.4, -0.2) is 46.0 Å². The van der Waals surface area contributed by atoms with Crippen LogP contribution in [0.1, 0.15) is 30.4 Å². The van der Waals surface area contributed by atoms with Crippen LogP contribution in [0, 0.1) is 19.8 Å². The third-order valence-corrected chi connectivity index (χ3v) is 7.55. The number of hydrogen-bond donors (Lipinski definition) is 2. The Morgan fingerprint density at radius 2 is 1.91 bits per heavy atom. The van der Waals surface area contributed by atoms with Crippen molar-refractivity contribution in [1.82, 2.24) is 4.72 Å². The van der Waals surface area contributed by atoms with Crippen LogP contribution in [0.4, 0.5) is 11.4 Å². The molecule has 2 atom stereocenters. The van der Waals surface area contributed by atoms with Crippen molar-refractivity contribution in [2.45, 2.75) is 44.1 Å². The molecule has 2 unspecified atom stereocenters. The van der Waals surface area contributed by atoms with Gasteiger partial charge in [-0.3, -0.25) is 9.59 Å². The minimum atomic E-state index is -3.66. The largest absolute Gasteiger partial charge is 0.377 e. The van der Waals surface area contributed by atoms with E-state index in [2.05, 4.69) is 10.0 Å². The molecule has 2 saturated heterocycles. The lowest BCUT2D eigenvalue weighted by Gasteiger charge is -2.19. The molecule has 2 amide bonds. The number of amides is 2. The quantitative estimate of drug-likeness (QED) is 0.646. The van der Waals surface area contributed by atoms with Gasteiger partial charge in [0.05, 0.1) is 16.9 Å². The maximum absolute atomic E-state index is 12.8. The monoisotopic (exact) mass is 471 g/mol. The summed E-state index contributed by atoms with van der Waals surface area (Å²) in [5.74, 6) is -0.820. The number of carbonyl (C=O) groups excluding carboxylic acids is 2. The average molecular weight is 472 g/mol. The molecule has 2 heterocycles. The zero-order valence-electron chi connectivity index (χ0n) is 18.8. The summed E-state index contributed by atoms with van der Waals surface area (Å²) < 4.78 is 33.0. The molecular formula is C24H29N3O5S. The lowest BCUT2D eigenvalue weighted by Crippen LogP contribution is -2.31. The molecule has 0 radical (unpaired) electrons. The van der Waals surface area contributed by atoms with E-state index in [1.165, 1.54) is 12.1 Å². The molecule has 4 rings (SSSR count). The van der Waals surface area contributed by atoms with Crippen molar-refractivity contribution in [2.75, 3.05) is 29.9 Å². The van der Waals surface area contributed by atoms with Gasteiger partial charge in [-0.25, -0.2) is 13.1 Å². The summed E-state index contributed by atoms with van der Waals surface area (Å²) in [6.45, 7) is 5.13. The first-order chi connectivity index (χ1) is 15.7. The number of ether oxygens (including phenoxy) is 1. The number of hydrogen-bond acceptors (Lipinski definition) is 5. The third-order valence-electron chi connectivity index (χ3n) is 6.11. The molecule has 2 aromatic rings. The summed E-state index contributed by atoms with van der Waals surface area (Å²) in [6, 6.07) is 11.9. The number of benzene rings is 2. The Morgan fingerprint density at radius 3 is 2.61 bits per heavy atom. The number of carbonyl (C=O) groups is 2. The van der Waals surface area contributed by atoms with Crippen molar-refractivity contribution >= 4 is 33.2 Å². The average Bonchev–Trinajstić information content (AvgIpc) is 3.44. The topological polar surface area (TPSA) is 105 Å². The maximum atomic E-state index is 12.8. The molecule has 33 heavy (non-hydrogen) atoms. The predicted octanol–water partition coefficient (Wildman–Crippen LogP) is 2.75. The number of aryl methyl sites for hydroxylation is 2. The minimum absolute atomic E-state index is 0.0809. The van der Waals surface area contributed by atoms with Gasteiger partial charge in [0.25, 0.3) is 0 Å². The number of rotatable bonds is 7. The van der Waals surface area contributed by atoms with Gasteiger partial charge in [0, 0.05) is 37.5 Å². The van der Waals surface area contributed by atoms with Crippen molar-refractivity contribution in [3.63, 3.8) is 0 Å². The van der Waals surface area contributed by atoms with Gasteiger partial charge in [-0.1, -0.05) is 12.1 Å². The Morgan fingerprint density at radius 1 is 1.15 bits per heavy atom. The van der Waals surface area contributed by atoms with Crippen molar-refractivity contribution < 1.29 is 22.7 Å². The van der Waals surface area contributed by atoms with E-state index in [-0.39, 0.29) is 35.8 Å². The van der Waals surface area contributed by atoms with E-state index in [1.807, 2.05) is 32.0 Å². The zero-order chi connectivity index (χ0) is 23.6. The Hall–Kier alpha value is -2.75. The first-order valence-electron chi connectivity index (χ1n) is 11.1. The first kappa shape index (κ1) is 23.4. The van der Waals surface area contributed by atoms with E-state index in [0.717, 1.165) is 29.7 Å². The van der Waals surface area contributed by atoms with Crippen molar-refractivity contribution in [2.24, 2.45) is 5.92 Å². The molecule has 0 saturated carbocycles. The molecular weight excluding hydrogens is 442 g/mol. The normalized spacial score (nSPS) is 20.9. The van der Waals surface area contributed by atoms with Crippen LogP contribution in [0.15, 0.2) is 47.4 Å². The number of nitrogens with zero attached hydrogens (tertiary/aromatic N) is 1. The molecule has 2 aliphatic heterocycles. The van der Waals surface area contributed by atoms with Gasteiger partial charge >= 0.3 is 0 Å². The summed E-state index contributed by atoms with van der Waals surface area (Å²) in [7, 11) is -3.66. The van der Waals surface area contributed by atoms with Gasteiger partial charge in [0.15, 0.2) is 0 Å². The summed E-state index contributed by atoms with van der Waals surface area (Å²) >= 11 is 0. The first-order valence-corrected chi connectivity index (χ1v) is 12.6. The van der Waals surface area contributed by atoms with E-state index in [4.69, 9.17) is 4.74 Å². The van der Waals surface area contributed by atoms with Crippen LogP contribution in [0.5, 0.6) is 0 Å². The van der Waals surface area contributed by atoms with Crippen LogP contribution in [0.3, 0.4) is 0 Å². The van der Waals surface area contributed by atoms with E-state index >= 15 is 0 Å². The highest BCUT2D eigenvalue weighted by Gasteiger charge is 2.35. The van der Waals surface area contributed by atoms with E-state index in [9.17, 15) is 18.0 Å². The smallest absolute Gasteiger partial charge is 0.240 e. The summed E-state index contributed by atoms with van der Waals surface area (Å²) in [6.07, 6.45) is 1.84. The molecule has 8 nitrogen and oxygen atoms in total. The minimum Gasteiger partial charge on any atom is -0.377 e. The lowest BCUT2D eigenvalue weighted by atomic mass is 10.1. The molecule has 176 valence electrons. The Kier molecular flexibility index (Phi) is 6.83. The molecule has 2 N–H and O–H groups in total. The van der Waals surface area contributed by atoms with Crippen LogP contribution >= 0.6 is 0 Å². The fourth-order valence-corrected chi connectivity index (χ4v) is 5.25. The fraction of sp³-hybridized carbons (Fsp3) is 0.417. The van der Waals surface area contributed by atoms with Crippen molar-refractivity contribution in [3.05, 3.63) is 53.6 Å². The Balaban J connectivity index is 1.36. The third kappa shape index (κ3) is 5.43. The van der Waals surface area contributed by atoms with Gasteiger partial charge in [-0.2, -0.15) is 0 Å². The molecule has 2 aliphatic rings. The Bertz CT molecular complexity index is 1140. The van der Waals surface area contributed by atoms with Gasteiger partial charge < -0.3 is 15.0 Å². The van der Waals surface area contributed by atoms with E-state index in [1.54, 1.807) is 17.0 Å². The summed E-state index contributed by atoms with van der Waals surface area (Å²) in [5, 5.41) is 2.80. The molecule has 0 spiro atoms. The van der Waals surface area contributed by atoms with Crippen LogP contribution in [0.2, 0.25) is 0 Å². The predicted molar refractivity (Wildman–Crippen MR) is 126 cm³/mol. The molecule has 2 fully saturated rings. The second-order valence-electron chi connectivity index (χ2n) is 8.70. The SMILES string of the molecule is Cc1ccc(C)c(N2CC(C(=O)Nc3ccc(S(=O)(=O)NCC4CCCO4)cc3)CC2=O)c1. The lowest BCUT2D eigenvalue weighted by molar-refractivity contribution is -0.122. The van der Waals surface area contributed by atoms with Gasteiger partial charge in [-0.15, -0.1) is 0 Å². The van der Waals surface area contributed by atoms with Crippen LogP contribution in [0.25, 0.3) is 0 Å². The standard InChI is InChI=1S/C24H29N3O5S/c1-16-5-6-17(2)22(12-16)27-15-18(13-23(27)28)24(29)26-19-7-9-21(10-8-19)33(30,31)25-14-20-4-3-11-32-20/h5-10,12,18,20,25H,3-4,11,13-15H2,1-2H3,(H,26,29). The molecule has 0 bridgehead atoms. The van der Waals surface area contributed by atoms with Crippen molar-refractivity contribution in [1.29, 1.82) is 0 Å². The highest BCUT2D eigenvalue weighted by atomic mass is 32.2. The second-order valence-corrected chi connectivity index (χ2v) is 10.5. The molecule has 9 heteroatoms. The fourth-order valence-electron chi connectivity index (χ4n) is 4.18. The highest BCUT2D eigenvalue weighted by molar-refractivity contribution is 7.89. The molecule has 0 aliphatic carbocycles. The summed E-state index contributed by atoms with van der Waals surface area (Å²) in [4.78, 5) is 27.2. The van der Waals surface area contributed by atoms with Gasteiger partial charge in [-0.05, 0) is 68.1 Å². The van der Waals surface area contributed by atoms with Gasteiger partial charge in [0.1, 0.15) is 0 Å². The van der Waals surface area contributed by atoms with Crippen LogP contribution in [-0.2, 0) is 24.3 Å². The van der Waals surface area contributed by atoms with Crippen LogP contribution < -0.4 is 14.9 Å². The van der Waals surface area contributed by atoms with Crippen molar-refractivity contribution in [3.8, 4) is 0 Å². The zero-order valence-corrected chi connectivity index (χ0v) is 19.7. The van der Waals surface area contributed by atoms with E-state index in [0.29, 0.717) is 18.8 Å². The summed E-state index contributed by atoms with van der Waals surface area (Å²) in [5.41, 5.74) is 3.35. The number of sulfonamides is 1.